The minimum atomic E-state index is 0.0413. The zero-order chi connectivity index (χ0) is 29.5. The first-order valence-electron chi connectivity index (χ1n) is 15.5. The van der Waals surface area contributed by atoms with Gasteiger partial charge in [-0.25, -0.2) is 0 Å². The number of allylic oxidation sites excluding steroid dienone is 6. The molecule has 0 fully saturated rings. The highest BCUT2D eigenvalue weighted by Gasteiger charge is 2.30. The fraction of sp³-hybridized carbons (Fsp3) is 0.286. The van der Waals surface area contributed by atoms with Crippen LogP contribution in [-0.2, 0) is 30.1 Å². The highest BCUT2D eigenvalue weighted by atomic mass is 14.3. The van der Waals surface area contributed by atoms with Crippen LogP contribution in [-0.4, -0.2) is 0 Å². The zero-order valence-electron chi connectivity index (χ0n) is 26.2. The van der Waals surface area contributed by atoms with Crippen molar-refractivity contribution in [2.75, 3.05) is 0 Å². The second kappa shape index (κ2) is 11.1. The molecule has 0 aromatic heterocycles. The fourth-order valence-corrected chi connectivity index (χ4v) is 6.58. The normalized spacial score (nSPS) is 14.2. The quantitative estimate of drug-likeness (QED) is 0.198. The van der Waals surface area contributed by atoms with E-state index in [9.17, 15) is 0 Å². The first-order valence-corrected chi connectivity index (χ1v) is 15.5. The minimum absolute atomic E-state index is 0.0413. The number of rotatable bonds is 6. The molecule has 0 amide bonds. The molecule has 0 heteroatoms. The molecule has 0 heterocycles. The summed E-state index contributed by atoms with van der Waals surface area (Å²) in [5.74, 6) is 0.264. The van der Waals surface area contributed by atoms with Gasteiger partial charge in [0.15, 0.2) is 0 Å². The fourth-order valence-electron chi connectivity index (χ4n) is 6.58. The molecule has 4 aromatic rings. The van der Waals surface area contributed by atoms with Gasteiger partial charge in [-0.1, -0.05) is 162 Å². The second-order valence-corrected chi connectivity index (χ2v) is 14.2. The molecule has 4 aromatic carbocycles. The molecule has 0 nitrogen and oxygen atoms in total. The number of fused-ring (bicyclic) bond motifs is 3. The Labute approximate surface area is 253 Å². The molecule has 0 atom stereocenters. The lowest BCUT2D eigenvalue weighted by molar-refractivity contribution is 0.589. The van der Waals surface area contributed by atoms with Crippen LogP contribution in [0.2, 0.25) is 0 Å². The van der Waals surface area contributed by atoms with Gasteiger partial charge in [0.2, 0.25) is 0 Å². The Morgan fingerprint density at radius 3 is 1.71 bits per heavy atom. The predicted octanol–water partition coefficient (Wildman–Crippen LogP) is 10.8. The van der Waals surface area contributed by atoms with Crippen LogP contribution in [0, 0.1) is 5.92 Å². The predicted molar refractivity (Wildman–Crippen MR) is 181 cm³/mol. The van der Waals surface area contributed by atoms with E-state index >= 15 is 0 Å². The van der Waals surface area contributed by atoms with Crippen molar-refractivity contribution in [3.63, 3.8) is 0 Å². The standard InChI is InChI=1S/C42H44/c1-41(2,3)34-22-21-32-25-37-38(36(32)26-34)27-35(42(4,5)6)28-39(37)40(31-19-13-14-20-31)33(23-29-15-9-7-10-16-29)24-30-17-11-8-12-18-30/h7-22,26-28,31H,23-25H2,1-6H3. The molecule has 42 heavy (non-hydrogen) atoms. The smallest absolute Gasteiger partial charge is 0.0210 e. The third kappa shape index (κ3) is 5.73. The van der Waals surface area contributed by atoms with Crippen molar-refractivity contribution >= 4 is 5.57 Å². The van der Waals surface area contributed by atoms with Gasteiger partial charge in [-0.05, 0) is 85.7 Å². The Kier molecular flexibility index (Phi) is 7.44. The van der Waals surface area contributed by atoms with Crippen LogP contribution < -0.4 is 0 Å². The summed E-state index contributed by atoms with van der Waals surface area (Å²) >= 11 is 0. The van der Waals surface area contributed by atoms with E-state index < -0.39 is 0 Å². The first kappa shape index (κ1) is 28.2. The monoisotopic (exact) mass is 548 g/mol. The van der Waals surface area contributed by atoms with Crippen molar-refractivity contribution in [3.05, 3.63) is 160 Å². The van der Waals surface area contributed by atoms with E-state index in [-0.39, 0.29) is 16.7 Å². The summed E-state index contributed by atoms with van der Waals surface area (Å²) in [7, 11) is 0. The van der Waals surface area contributed by atoms with E-state index in [4.69, 9.17) is 0 Å². The molecule has 0 spiro atoms. The number of hydrogen-bond donors (Lipinski definition) is 0. The van der Waals surface area contributed by atoms with Gasteiger partial charge in [-0.3, -0.25) is 0 Å². The number of hydrogen-bond acceptors (Lipinski definition) is 0. The lowest BCUT2D eigenvalue weighted by atomic mass is 9.77. The van der Waals surface area contributed by atoms with Crippen LogP contribution in [0.1, 0.15) is 80.5 Å². The van der Waals surface area contributed by atoms with Gasteiger partial charge in [0.05, 0.1) is 0 Å². The Bertz CT molecular complexity index is 1620. The van der Waals surface area contributed by atoms with Crippen molar-refractivity contribution < 1.29 is 0 Å². The van der Waals surface area contributed by atoms with Gasteiger partial charge in [0.1, 0.15) is 0 Å². The molecular formula is C42H44. The Hall–Kier alpha value is -3.90. The molecule has 212 valence electrons. The van der Waals surface area contributed by atoms with E-state index in [2.05, 4.69) is 157 Å². The van der Waals surface area contributed by atoms with Crippen LogP contribution in [0.5, 0.6) is 0 Å². The second-order valence-electron chi connectivity index (χ2n) is 14.2. The summed E-state index contributed by atoms with van der Waals surface area (Å²) in [6, 6.07) is 34.3. The molecule has 0 saturated carbocycles. The maximum atomic E-state index is 2.54. The van der Waals surface area contributed by atoms with Crippen molar-refractivity contribution in [2.45, 2.75) is 71.6 Å². The van der Waals surface area contributed by atoms with Crippen LogP contribution in [0.15, 0.2) is 121 Å². The summed E-state index contributed by atoms with van der Waals surface area (Å²) in [5.41, 5.74) is 15.9. The summed E-state index contributed by atoms with van der Waals surface area (Å²) in [5, 5.41) is 0. The molecule has 0 saturated heterocycles. The summed E-state index contributed by atoms with van der Waals surface area (Å²) in [4.78, 5) is 0. The summed E-state index contributed by atoms with van der Waals surface area (Å²) in [6.45, 7) is 14.0. The average molecular weight is 549 g/mol. The van der Waals surface area contributed by atoms with E-state index in [1.807, 2.05) is 0 Å². The Morgan fingerprint density at radius 1 is 0.619 bits per heavy atom. The van der Waals surface area contributed by atoms with Crippen molar-refractivity contribution in [1.29, 1.82) is 0 Å². The van der Waals surface area contributed by atoms with Crippen LogP contribution >= 0.6 is 0 Å². The van der Waals surface area contributed by atoms with Crippen molar-refractivity contribution in [3.8, 4) is 11.1 Å². The van der Waals surface area contributed by atoms with Gasteiger partial charge >= 0.3 is 0 Å². The average Bonchev–Trinajstić information content (AvgIpc) is 3.61. The van der Waals surface area contributed by atoms with Crippen molar-refractivity contribution in [1.82, 2.24) is 0 Å². The summed E-state index contributed by atoms with van der Waals surface area (Å²) in [6.07, 6.45) is 12.1. The van der Waals surface area contributed by atoms with E-state index in [1.165, 1.54) is 61.2 Å². The van der Waals surface area contributed by atoms with Crippen LogP contribution in [0.25, 0.3) is 16.7 Å². The largest absolute Gasteiger partial charge is 0.0732 e. The van der Waals surface area contributed by atoms with E-state index in [1.54, 1.807) is 0 Å². The number of benzene rings is 4. The molecule has 6 rings (SSSR count). The third-order valence-corrected chi connectivity index (χ3v) is 9.02. The van der Waals surface area contributed by atoms with Crippen molar-refractivity contribution in [2.24, 2.45) is 5.92 Å². The first-order chi connectivity index (χ1) is 20.1. The van der Waals surface area contributed by atoms with Gasteiger partial charge in [-0.15, -0.1) is 0 Å². The Balaban J connectivity index is 1.63. The maximum absolute atomic E-state index is 2.54. The Morgan fingerprint density at radius 2 is 1.17 bits per heavy atom. The SMILES string of the molecule is CC(C)(C)c1ccc2c(c1)-c1cc(C(C)(C)C)cc(C(=C(Cc3ccccc3)Cc3ccccc3)C3C=CC=C3)c1C2. The van der Waals surface area contributed by atoms with Gasteiger partial charge < -0.3 is 0 Å². The summed E-state index contributed by atoms with van der Waals surface area (Å²) < 4.78 is 0. The molecule has 0 unspecified atom stereocenters. The lowest BCUT2D eigenvalue weighted by Crippen LogP contribution is -2.14. The zero-order valence-corrected chi connectivity index (χ0v) is 26.2. The third-order valence-electron chi connectivity index (χ3n) is 9.02. The van der Waals surface area contributed by atoms with Gasteiger partial charge in [-0.2, -0.15) is 0 Å². The molecule has 0 N–H and O–H groups in total. The maximum Gasteiger partial charge on any atom is 0.0210 e. The van der Waals surface area contributed by atoms with Gasteiger partial charge in [0, 0.05) is 5.92 Å². The molecule has 2 aliphatic carbocycles. The van der Waals surface area contributed by atoms with E-state index in [0.29, 0.717) is 0 Å². The van der Waals surface area contributed by atoms with Crippen LogP contribution in [0.3, 0.4) is 0 Å². The van der Waals surface area contributed by atoms with Crippen LogP contribution in [0.4, 0.5) is 0 Å². The lowest BCUT2D eigenvalue weighted by Gasteiger charge is -2.27. The highest BCUT2D eigenvalue weighted by Crippen LogP contribution is 2.47. The molecule has 0 aliphatic heterocycles. The molecule has 0 bridgehead atoms. The minimum Gasteiger partial charge on any atom is -0.0732 e. The molecule has 2 aliphatic rings. The van der Waals surface area contributed by atoms with Gasteiger partial charge in [0.25, 0.3) is 0 Å². The molecule has 0 radical (unpaired) electrons. The highest BCUT2D eigenvalue weighted by molar-refractivity contribution is 5.87. The van der Waals surface area contributed by atoms with E-state index in [0.717, 1.165) is 19.3 Å². The molecular weight excluding hydrogens is 504 g/mol. The topological polar surface area (TPSA) is 0 Å².